The number of thiophene rings is 1. The van der Waals surface area contributed by atoms with E-state index in [1.165, 1.54) is 24.3 Å². The van der Waals surface area contributed by atoms with E-state index in [4.69, 9.17) is 9.47 Å². The summed E-state index contributed by atoms with van der Waals surface area (Å²) in [5, 5.41) is 15.6. The molecule has 186 valence electrons. The van der Waals surface area contributed by atoms with Crippen molar-refractivity contribution in [2.24, 2.45) is 0 Å². The zero-order chi connectivity index (χ0) is 25.1. The Kier molecular flexibility index (Phi) is 6.72. The van der Waals surface area contributed by atoms with Gasteiger partial charge in [0.05, 0.1) is 11.5 Å². The summed E-state index contributed by atoms with van der Waals surface area (Å²) in [6.07, 6.45) is 1.65. The number of nitro benzene ring substituents is 1. The molecule has 0 atom stereocenters. The summed E-state index contributed by atoms with van der Waals surface area (Å²) in [4.78, 5) is 41.3. The molecule has 2 aliphatic rings. The Morgan fingerprint density at radius 3 is 2.53 bits per heavy atom. The molecule has 1 aliphatic heterocycles. The summed E-state index contributed by atoms with van der Waals surface area (Å²) >= 11 is 1.57. The molecule has 10 nitrogen and oxygen atoms in total. The zero-order valence-corrected chi connectivity index (χ0v) is 20.1. The Hall–Kier alpha value is -4.12. The molecule has 1 aromatic heterocycles. The number of fused-ring (bicyclic) bond motifs is 1. The summed E-state index contributed by atoms with van der Waals surface area (Å²) in [6.45, 7) is 0.888. The van der Waals surface area contributed by atoms with Crippen LogP contribution in [0.25, 0.3) is 0 Å². The van der Waals surface area contributed by atoms with Crippen molar-refractivity contribution in [3.63, 3.8) is 0 Å². The fourth-order valence-corrected chi connectivity index (χ4v) is 4.66. The van der Waals surface area contributed by atoms with Gasteiger partial charge in [0.1, 0.15) is 6.54 Å². The highest BCUT2D eigenvalue weighted by molar-refractivity contribution is 7.09. The van der Waals surface area contributed by atoms with E-state index in [0.29, 0.717) is 30.3 Å². The SMILES string of the molecule is O=C(CN(C(=O)Nc1ccc([N+](=O)[O-])cc1)C1CC1)N(Cc1ccc2c(c1)OCO2)Cc1cccs1. The average Bonchev–Trinajstić information content (AvgIpc) is 3.36. The number of nitrogens with one attached hydrogen (secondary N) is 1. The highest BCUT2D eigenvalue weighted by Crippen LogP contribution is 2.33. The number of hydrogen-bond acceptors (Lipinski definition) is 7. The molecule has 1 saturated carbocycles. The maximum atomic E-state index is 13.5. The Balaban J connectivity index is 1.29. The first-order chi connectivity index (χ1) is 17.5. The number of rotatable bonds is 9. The Morgan fingerprint density at radius 2 is 1.83 bits per heavy atom. The van der Waals surface area contributed by atoms with Crippen LogP contribution in [0.1, 0.15) is 23.3 Å². The molecule has 2 aromatic carbocycles. The molecule has 0 radical (unpaired) electrons. The van der Waals surface area contributed by atoms with Crippen molar-refractivity contribution in [3.8, 4) is 11.5 Å². The van der Waals surface area contributed by atoms with Crippen LogP contribution >= 0.6 is 11.3 Å². The van der Waals surface area contributed by atoms with Gasteiger partial charge in [-0.1, -0.05) is 12.1 Å². The third kappa shape index (κ3) is 5.57. The van der Waals surface area contributed by atoms with E-state index < -0.39 is 11.0 Å². The van der Waals surface area contributed by atoms with Crippen LogP contribution in [0, 0.1) is 10.1 Å². The maximum Gasteiger partial charge on any atom is 0.322 e. The number of carbonyl (C=O) groups excluding carboxylic acids is 2. The molecular formula is C25H24N4O6S. The summed E-state index contributed by atoms with van der Waals surface area (Å²) < 4.78 is 10.9. The normalized spacial score (nSPS) is 13.8. The van der Waals surface area contributed by atoms with E-state index in [9.17, 15) is 19.7 Å². The lowest BCUT2D eigenvalue weighted by Gasteiger charge is -2.28. The van der Waals surface area contributed by atoms with Crippen molar-refractivity contribution in [1.82, 2.24) is 9.80 Å². The number of hydrogen-bond donors (Lipinski definition) is 1. The number of amides is 3. The molecular weight excluding hydrogens is 484 g/mol. The molecule has 1 aliphatic carbocycles. The van der Waals surface area contributed by atoms with Gasteiger partial charge in [-0.3, -0.25) is 14.9 Å². The van der Waals surface area contributed by atoms with Gasteiger partial charge in [-0.05, 0) is 54.1 Å². The van der Waals surface area contributed by atoms with E-state index in [0.717, 1.165) is 23.3 Å². The lowest BCUT2D eigenvalue weighted by molar-refractivity contribution is -0.384. The van der Waals surface area contributed by atoms with Gasteiger partial charge in [0, 0.05) is 35.3 Å². The molecule has 0 bridgehead atoms. The van der Waals surface area contributed by atoms with Crippen LogP contribution in [0.5, 0.6) is 11.5 Å². The second kappa shape index (κ2) is 10.2. The predicted molar refractivity (Wildman–Crippen MR) is 133 cm³/mol. The molecule has 0 saturated heterocycles. The van der Waals surface area contributed by atoms with E-state index >= 15 is 0 Å². The van der Waals surface area contributed by atoms with Gasteiger partial charge in [0.25, 0.3) is 5.69 Å². The lowest BCUT2D eigenvalue weighted by Crippen LogP contribution is -2.45. The number of carbonyl (C=O) groups is 2. The number of anilines is 1. The molecule has 1 N–H and O–H groups in total. The molecule has 0 unspecified atom stereocenters. The standard InChI is InChI=1S/C25H24N4O6S/c30-24(15-28(19-8-9-19)25(31)26-18-4-6-20(7-5-18)29(32)33)27(14-21-2-1-11-36-21)13-17-3-10-22-23(12-17)35-16-34-22/h1-7,10-12,19H,8-9,13-16H2,(H,26,31). The van der Waals surface area contributed by atoms with Gasteiger partial charge < -0.3 is 24.6 Å². The molecule has 2 heterocycles. The smallest absolute Gasteiger partial charge is 0.322 e. The van der Waals surface area contributed by atoms with Crippen LogP contribution in [0.4, 0.5) is 16.2 Å². The fourth-order valence-electron chi connectivity index (χ4n) is 3.94. The molecule has 0 spiro atoms. The molecule has 3 aromatic rings. The van der Waals surface area contributed by atoms with Crippen LogP contribution in [-0.4, -0.2) is 46.0 Å². The van der Waals surface area contributed by atoms with Gasteiger partial charge >= 0.3 is 6.03 Å². The van der Waals surface area contributed by atoms with Gasteiger partial charge in [-0.15, -0.1) is 11.3 Å². The zero-order valence-electron chi connectivity index (χ0n) is 19.3. The Bertz CT molecular complexity index is 1260. The number of ether oxygens (including phenoxy) is 2. The van der Waals surface area contributed by atoms with Crippen LogP contribution in [0.2, 0.25) is 0 Å². The number of nitrogens with zero attached hydrogens (tertiary/aromatic N) is 3. The van der Waals surface area contributed by atoms with Gasteiger partial charge in [0.2, 0.25) is 12.7 Å². The Morgan fingerprint density at radius 1 is 1.06 bits per heavy atom. The minimum absolute atomic E-state index is 0.0128. The molecule has 5 rings (SSSR count). The molecule has 36 heavy (non-hydrogen) atoms. The third-order valence-corrected chi connectivity index (χ3v) is 6.83. The van der Waals surface area contributed by atoms with Crippen molar-refractivity contribution in [3.05, 3.63) is 80.5 Å². The minimum atomic E-state index is -0.497. The van der Waals surface area contributed by atoms with Crippen LogP contribution in [0.3, 0.4) is 0 Å². The average molecular weight is 509 g/mol. The van der Waals surface area contributed by atoms with E-state index in [-0.39, 0.29) is 31.0 Å². The monoisotopic (exact) mass is 508 g/mol. The second-order valence-electron chi connectivity index (χ2n) is 8.61. The van der Waals surface area contributed by atoms with E-state index in [2.05, 4.69) is 5.32 Å². The molecule has 1 fully saturated rings. The highest BCUT2D eigenvalue weighted by Gasteiger charge is 2.35. The van der Waals surface area contributed by atoms with Crippen molar-refractivity contribution in [2.75, 3.05) is 18.7 Å². The van der Waals surface area contributed by atoms with Crippen molar-refractivity contribution in [2.45, 2.75) is 32.0 Å². The summed E-state index contributed by atoms with van der Waals surface area (Å²) in [6, 6.07) is 14.7. The number of urea groups is 1. The summed E-state index contributed by atoms with van der Waals surface area (Å²) in [5.74, 6) is 1.16. The minimum Gasteiger partial charge on any atom is -0.454 e. The largest absolute Gasteiger partial charge is 0.454 e. The number of benzene rings is 2. The molecule has 11 heteroatoms. The first-order valence-corrected chi connectivity index (χ1v) is 12.3. The van der Waals surface area contributed by atoms with E-state index in [1.807, 2.05) is 35.7 Å². The van der Waals surface area contributed by atoms with Crippen molar-refractivity contribution < 1.29 is 24.0 Å². The fraction of sp³-hybridized carbons (Fsp3) is 0.280. The summed E-state index contributed by atoms with van der Waals surface area (Å²) in [5.41, 5.74) is 1.27. The first-order valence-electron chi connectivity index (χ1n) is 11.5. The van der Waals surface area contributed by atoms with Crippen molar-refractivity contribution >= 4 is 34.6 Å². The topological polar surface area (TPSA) is 114 Å². The van der Waals surface area contributed by atoms with Crippen molar-refractivity contribution in [1.29, 1.82) is 0 Å². The quantitative estimate of drug-likeness (QED) is 0.334. The molecule has 3 amide bonds. The van der Waals surface area contributed by atoms with E-state index in [1.54, 1.807) is 21.1 Å². The third-order valence-electron chi connectivity index (χ3n) is 5.97. The van der Waals surface area contributed by atoms with Crippen LogP contribution in [0.15, 0.2) is 60.0 Å². The van der Waals surface area contributed by atoms with Crippen LogP contribution < -0.4 is 14.8 Å². The Labute approximate surface area is 211 Å². The number of non-ortho nitro benzene ring substituents is 1. The van der Waals surface area contributed by atoms with Gasteiger partial charge in [-0.25, -0.2) is 4.79 Å². The van der Waals surface area contributed by atoms with Crippen LogP contribution in [-0.2, 0) is 17.9 Å². The van der Waals surface area contributed by atoms with Gasteiger partial charge in [0.15, 0.2) is 11.5 Å². The maximum absolute atomic E-state index is 13.5. The highest BCUT2D eigenvalue weighted by atomic mass is 32.1. The number of nitro groups is 1. The second-order valence-corrected chi connectivity index (χ2v) is 9.64. The lowest BCUT2D eigenvalue weighted by atomic mass is 10.2. The van der Waals surface area contributed by atoms with Gasteiger partial charge in [-0.2, -0.15) is 0 Å². The predicted octanol–water partition coefficient (Wildman–Crippen LogP) is 4.61. The summed E-state index contributed by atoms with van der Waals surface area (Å²) in [7, 11) is 0. The first kappa shape index (κ1) is 23.6.